The van der Waals surface area contributed by atoms with Crippen molar-refractivity contribution in [2.45, 2.75) is 37.4 Å². The summed E-state index contributed by atoms with van der Waals surface area (Å²) in [6.07, 6.45) is 5.06. The smallest absolute Gasteiger partial charge is 0.191 e. The van der Waals surface area contributed by atoms with Crippen LogP contribution in [0.5, 0.6) is 0 Å². The Bertz CT molecular complexity index is 386. The largest absolute Gasteiger partial charge is 0.370 e. The lowest BCUT2D eigenvalue weighted by Gasteiger charge is -2.27. The molecule has 0 radical (unpaired) electrons. The average Bonchev–Trinajstić information content (AvgIpc) is 2.66. The van der Waals surface area contributed by atoms with Crippen LogP contribution in [0.3, 0.4) is 0 Å². The summed E-state index contributed by atoms with van der Waals surface area (Å²) in [5, 5.41) is -0.300. The fraction of sp³-hybridized carbons (Fsp3) is 0.909. The first kappa shape index (κ1) is 12.7. The van der Waals surface area contributed by atoms with Crippen molar-refractivity contribution >= 4 is 15.8 Å². The third-order valence-electron chi connectivity index (χ3n) is 3.60. The summed E-state index contributed by atoms with van der Waals surface area (Å²) in [6.45, 7) is 2.24. The van der Waals surface area contributed by atoms with Crippen molar-refractivity contribution in [2.75, 3.05) is 25.4 Å². The first-order chi connectivity index (χ1) is 8.09. The number of nitrogens with zero attached hydrogens (tertiary/aromatic N) is 2. The topological polar surface area (TPSA) is 75.8 Å². The highest BCUT2D eigenvalue weighted by molar-refractivity contribution is 7.92. The second kappa shape index (κ2) is 5.25. The Morgan fingerprint density at radius 2 is 1.94 bits per heavy atom. The predicted molar refractivity (Wildman–Crippen MR) is 68.7 cm³/mol. The monoisotopic (exact) mass is 259 g/mol. The Kier molecular flexibility index (Phi) is 3.91. The number of rotatable bonds is 2. The molecule has 2 aliphatic rings. The van der Waals surface area contributed by atoms with E-state index in [1.54, 1.807) is 0 Å². The van der Waals surface area contributed by atoms with E-state index in [-0.39, 0.29) is 5.25 Å². The van der Waals surface area contributed by atoms with Gasteiger partial charge in [-0.25, -0.2) is 8.42 Å². The Hall–Kier alpha value is -0.780. The lowest BCUT2D eigenvalue weighted by molar-refractivity contribution is 0.338. The van der Waals surface area contributed by atoms with Gasteiger partial charge in [0.15, 0.2) is 15.8 Å². The Labute approximate surface area is 103 Å². The number of piperidine rings is 1. The number of aliphatic imine (C=N–C) groups is 1. The van der Waals surface area contributed by atoms with Crippen LogP contribution in [0.4, 0.5) is 0 Å². The van der Waals surface area contributed by atoms with Crippen molar-refractivity contribution in [3.8, 4) is 0 Å². The molecule has 0 aromatic rings. The minimum absolute atomic E-state index is 0.300. The zero-order valence-corrected chi connectivity index (χ0v) is 11.0. The first-order valence-electron chi connectivity index (χ1n) is 6.36. The fourth-order valence-electron chi connectivity index (χ4n) is 2.48. The SMILES string of the molecule is NC(=NCC1CCCS1(=O)=O)N1CCCCC1. The van der Waals surface area contributed by atoms with E-state index >= 15 is 0 Å². The third kappa shape index (κ3) is 3.12. The van der Waals surface area contributed by atoms with Crippen LogP contribution in [0.15, 0.2) is 4.99 Å². The molecule has 2 aliphatic heterocycles. The molecule has 17 heavy (non-hydrogen) atoms. The average molecular weight is 259 g/mol. The molecular weight excluding hydrogens is 238 g/mol. The number of hydrogen-bond acceptors (Lipinski definition) is 3. The van der Waals surface area contributed by atoms with Gasteiger partial charge in [0.2, 0.25) is 0 Å². The number of likely N-dealkylation sites (tertiary alicyclic amines) is 1. The molecule has 2 fully saturated rings. The second-order valence-electron chi connectivity index (χ2n) is 4.88. The molecule has 1 atom stereocenters. The molecule has 98 valence electrons. The van der Waals surface area contributed by atoms with Gasteiger partial charge >= 0.3 is 0 Å². The molecule has 5 nitrogen and oxygen atoms in total. The van der Waals surface area contributed by atoms with Crippen LogP contribution in [0.1, 0.15) is 32.1 Å². The minimum atomic E-state index is -2.89. The molecule has 6 heteroatoms. The number of sulfone groups is 1. The van der Waals surface area contributed by atoms with Crippen LogP contribution in [-0.2, 0) is 9.84 Å². The summed E-state index contributed by atoms with van der Waals surface area (Å²) < 4.78 is 23.3. The van der Waals surface area contributed by atoms with E-state index < -0.39 is 9.84 Å². The van der Waals surface area contributed by atoms with E-state index in [0.29, 0.717) is 18.3 Å². The van der Waals surface area contributed by atoms with Crippen LogP contribution in [-0.4, -0.2) is 49.9 Å². The van der Waals surface area contributed by atoms with Gasteiger partial charge in [-0.3, -0.25) is 4.99 Å². The Balaban J connectivity index is 1.91. The van der Waals surface area contributed by atoms with Crippen LogP contribution in [0, 0.1) is 0 Å². The van der Waals surface area contributed by atoms with Gasteiger partial charge in [0.05, 0.1) is 17.5 Å². The molecule has 0 aromatic heterocycles. The lowest BCUT2D eigenvalue weighted by Crippen LogP contribution is -2.41. The Morgan fingerprint density at radius 1 is 1.24 bits per heavy atom. The summed E-state index contributed by atoms with van der Waals surface area (Å²) in [4.78, 5) is 6.33. The highest BCUT2D eigenvalue weighted by Crippen LogP contribution is 2.20. The minimum Gasteiger partial charge on any atom is -0.370 e. The first-order valence-corrected chi connectivity index (χ1v) is 8.07. The number of guanidine groups is 1. The van der Waals surface area contributed by atoms with Crippen LogP contribution in [0.2, 0.25) is 0 Å². The fourth-order valence-corrected chi connectivity index (χ4v) is 4.21. The molecular formula is C11H21N3O2S. The van der Waals surface area contributed by atoms with E-state index in [9.17, 15) is 8.42 Å². The van der Waals surface area contributed by atoms with Crippen molar-refractivity contribution in [2.24, 2.45) is 10.7 Å². The maximum absolute atomic E-state index is 11.6. The molecule has 0 saturated carbocycles. The van der Waals surface area contributed by atoms with E-state index in [4.69, 9.17) is 5.73 Å². The van der Waals surface area contributed by atoms with Gasteiger partial charge < -0.3 is 10.6 Å². The number of nitrogens with two attached hydrogens (primary N) is 1. The van der Waals surface area contributed by atoms with Crippen LogP contribution >= 0.6 is 0 Å². The third-order valence-corrected chi connectivity index (χ3v) is 5.86. The number of hydrogen-bond donors (Lipinski definition) is 1. The maximum Gasteiger partial charge on any atom is 0.191 e. The van der Waals surface area contributed by atoms with Crippen LogP contribution < -0.4 is 5.73 Å². The quantitative estimate of drug-likeness (QED) is 0.574. The molecule has 0 aliphatic carbocycles. The normalized spacial score (nSPS) is 29.5. The standard InChI is InChI=1S/C11H21N3O2S/c12-11(14-6-2-1-3-7-14)13-9-10-5-4-8-17(10,15)16/h10H,1-9H2,(H2,12,13). The second-order valence-corrected chi connectivity index (χ2v) is 7.28. The highest BCUT2D eigenvalue weighted by atomic mass is 32.2. The molecule has 0 spiro atoms. The van der Waals surface area contributed by atoms with Gasteiger partial charge in [0.25, 0.3) is 0 Å². The van der Waals surface area contributed by atoms with Crippen LogP contribution in [0.25, 0.3) is 0 Å². The molecule has 0 amide bonds. The van der Waals surface area contributed by atoms with Crippen molar-refractivity contribution < 1.29 is 8.42 Å². The van der Waals surface area contributed by atoms with E-state index in [1.807, 2.05) is 0 Å². The summed E-state index contributed by atoms with van der Waals surface area (Å²) in [5.41, 5.74) is 5.90. The van der Waals surface area contributed by atoms with E-state index in [2.05, 4.69) is 9.89 Å². The van der Waals surface area contributed by atoms with Gasteiger partial charge in [0, 0.05) is 13.1 Å². The molecule has 2 heterocycles. The van der Waals surface area contributed by atoms with E-state index in [0.717, 1.165) is 38.8 Å². The summed E-state index contributed by atoms with van der Waals surface area (Å²) in [7, 11) is -2.89. The van der Waals surface area contributed by atoms with E-state index in [1.165, 1.54) is 6.42 Å². The van der Waals surface area contributed by atoms with Crippen molar-refractivity contribution in [3.05, 3.63) is 0 Å². The highest BCUT2D eigenvalue weighted by Gasteiger charge is 2.31. The Morgan fingerprint density at radius 3 is 2.53 bits per heavy atom. The summed E-state index contributed by atoms with van der Waals surface area (Å²) in [5.74, 6) is 0.836. The molecule has 0 aromatic carbocycles. The van der Waals surface area contributed by atoms with Gasteiger partial charge in [-0.05, 0) is 32.1 Å². The maximum atomic E-state index is 11.6. The summed E-state index contributed by atoms with van der Waals surface area (Å²) in [6, 6.07) is 0. The van der Waals surface area contributed by atoms with Gasteiger partial charge in [0.1, 0.15) is 0 Å². The zero-order valence-electron chi connectivity index (χ0n) is 10.1. The van der Waals surface area contributed by atoms with Gasteiger partial charge in [-0.2, -0.15) is 0 Å². The van der Waals surface area contributed by atoms with Crippen molar-refractivity contribution in [3.63, 3.8) is 0 Å². The lowest BCUT2D eigenvalue weighted by atomic mass is 10.1. The molecule has 1 unspecified atom stereocenters. The van der Waals surface area contributed by atoms with Crippen molar-refractivity contribution in [1.82, 2.24) is 4.90 Å². The van der Waals surface area contributed by atoms with Gasteiger partial charge in [-0.1, -0.05) is 0 Å². The zero-order chi connectivity index (χ0) is 12.3. The molecule has 2 rings (SSSR count). The van der Waals surface area contributed by atoms with Gasteiger partial charge in [-0.15, -0.1) is 0 Å². The summed E-state index contributed by atoms with van der Waals surface area (Å²) >= 11 is 0. The molecule has 2 N–H and O–H groups in total. The molecule has 2 saturated heterocycles. The van der Waals surface area contributed by atoms with Crippen molar-refractivity contribution in [1.29, 1.82) is 0 Å². The molecule has 0 bridgehead atoms. The predicted octanol–water partition coefficient (Wildman–Crippen LogP) is 0.364.